The highest BCUT2D eigenvalue weighted by Gasteiger charge is 2.22. The topological polar surface area (TPSA) is 71.3 Å². The van der Waals surface area contributed by atoms with E-state index in [-0.39, 0.29) is 11.7 Å². The third kappa shape index (κ3) is 3.68. The number of hydrogen-bond donors (Lipinski definition) is 2. The zero-order chi connectivity index (χ0) is 17.8. The minimum Gasteiger partial charge on any atom is -0.449 e. The predicted octanol–water partition coefficient (Wildman–Crippen LogP) is 4.56. The molecule has 2 N–H and O–H groups in total. The first-order valence-corrected chi connectivity index (χ1v) is 7.96. The van der Waals surface area contributed by atoms with Gasteiger partial charge in [-0.15, -0.1) is 0 Å². The minimum atomic E-state index is -0.561. The van der Waals surface area contributed by atoms with E-state index in [4.69, 9.17) is 4.42 Å². The van der Waals surface area contributed by atoms with Gasteiger partial charge >= 0.3 is 0 Å². The molecular formula is C19H17FN2O3. The van der Waals surface area contributed by atoms with E-state index in [1.165, 1.54) is 18.2 Å². The average Bonchev–Trinajstić information content (AvgIpc) is 2.94. The van der Waals surface area contributed by atoms with Crippen LogP contribution in [0.5, 0.6) is 0 Å². The Morgan fingerprint density at radius 3 is 2.64 bits per heavy atom. The minimum absolute atomic E-state index is 0.0186. The van der Waals surface area contributed by atoms with Gasteiger partial charge in [-0.2, -0.15) is 0 Å². The SMILES string of the molecule is CCCC(=O)Nc1c(C(=O)Nc2cccc(F)c2)oc2ccccc12. The van der Waals surface area contributed by atoms with Crippen LogP contribution in [0.15, 0.2) is 52.9 Å². The van der Waals surface area contributed by atoms with Crippen molar-refractivity contribution < 1.29 is 18.4 Å². The third-order valence-electron chi connectivity index (χ3n) is 3.63. The highest BCUT2D eigenvalue weighted by molar-refractivity contribution is 6.14. The number of benzene rings is 2. The van der Waals surface area contributed by atoms with E-state index in [0.717, 1.165) is 0 Å². The Kier molecular flexibility index (Phi) is 4.79. The lowest BCUT2D eigenvalue weighted by molar-refractivity contribution is -0.116. The molecule has 0 saturated heterocycles. The number of fused-ring (bicyclic) bond motifs is 1. The summed E-state index contributed by atoms with van der Waals surface area (Å²) in [4.78, 5) is 24.6. The normalized spacial score (nSPS) is 10.6. The van der Waals surface area contributed by atoms with E-state index in [2.05, 4.69) is 10.6 Å². The Morgan fingerprint density at radius 2 is 1.88 bits per heavy atom. The van der Waals surface area contributed by atoms with Crippen molar-refractivity contribution in [1.29, 1.82) is 0 Å². The van der Waals surface area contributed by atoms with Crippen LogP contribution in [0.2, 0.25) is 0 Å². The van der Waals surface area contributed by atoms with Crippen LogP contribution in [0.25, 0.3) is 11.0 Å². The molecule has 6 heteroatoms. The standard InChI is InChI=1S/C19H17FN2O3/c1-2-6-16(23)22-17-14-9-3-4-10-15(14)25-18(17)19(24)21-13-8-5-7-12(20)11-13/h3-5,7-11H,2,6H2,1H3,(H,21,24)(H,22,23). The zero-order valence-corrected chi connectivity index (χ0v) is 13.6. The van der Waals surface area contributed by atoms with Crippen molar-refractivity contribution in [3.05, 3.63) is 60.1 Å². The number of nitrogens with one attached hydrogen (secondary N) is 2. The van der Waals surface area contributed by atoms with E-state index >= 15 is 0 Å². The van der Waals surface area contributed by atoms with Gasteiger partial charge in [0.15, 0.2) is 0 Å². The molecule has 0 bridgehead atoms. The number of hydrogen-bond acceptors (Lipinski definition) is 3. The smallest absolute Gasteiger partial charge is 0.293 e. The largest absolute Gasteiger partial charge is 0.449 e. The Morgan fingerprint density at radius 1 is 1.08 bits per heavy atom. The maximum Gasteiger partial charge on any atom is 0.293 e. The fourth-order valence-corrected chi connectivity index (χ4v) is 2.51. The van der Waals surface area contributed by atoms with Gasteiger partial charge in [0.25, 0.3) is 5.91 Å². The quantitative estimate of drug-likeness (QED) is 0.715. The van der Waals surface area contributed by atoms with Gasteiger partial charge in [0.05, 0.1) is 0 Å². The van der Waals surface area contributed by atoms with Gasteiger partial charge < -0.3 is 15.1 Å². The molecule has 2 amide bonds. The third-order valence-corrected chi connectivity index (χ3v) is 3.63. The van der Waals surface area contributed by atoms with Gasteiger partial charge in [-0.1, -0.05) is 25.1 Å². The molecule has 0 atom stereocenters. The van der Waals surface area contributed by atoms with Gasteiger partial charge in [0, 0.05) is 17.5 Å². The van der Waals surface area contributed by atoms with Crippen molar-refractivity contribution in [2.75, 3.05) is 10.6 Å². The molecule has 0 aliphatic heterocycles. The van der Waals surface area contributed by atoms with Crippen molar-refractivity contribution >= 4 is 34.2 Å². The number of para-hydroxylation sites is 1. The molecule has 0 unspecified atom stereocenters. The Labute approximate surface area is 143 Å². The number of amides is 2. The lowest BCUT2D eigenvalue weighted by Crippen LogP contribution is -2.16. The monoisotopic (exact) mass is 340 g/mol. The zero-order valence-electron chi connectivity index (χ0n) is 13.6. The van der Waals surface area contributed by atoms with E-state index in [0.29, 0.717) is 35.2 Å². The summed E-state index contributed by atoms with van der Waals surface area (Å²) in [6.45, 7) is 1.89. The van der Waals surface area contributed by atoms with Crippen molar-refractivity contribution in [3.8, 4) is 0 Å². The first-order chi connectivity index (χ1) is 12.1. The highest BCUT2D eigenvalue weighted by atomic mass is 19.1. The van der Waals surface area contributed by atoms with Crippen LogP contribution in [0.3, 0.4) is 0 Å². The van der Waals surface area contributed by atoms with Crippen LogP contribution in [0.1, 0.15) is 30.3 Å². The van der Waals surface area contributed by atoms with Gasteiger partial charge in [0.1, 0.15) is 17.1 Å². The number of carbonyl (C=O) groups is 2. The predicted molar refractivity (Wildman–Crippen MR) is 94.1 cm³/mol. The van der Waals surface area contributed by atoms with Crippen LogP contribution in [-0.4, -0.2) is 11.8 Å². The maximum absolute atomic E-state index is 13.3. The number of anilines is 2. The Bertz CT molecular complexity index is 933. The van der Waals surface area contributed by atoms with Crippen LogP contribution < -0.4 is 10.6 Å². The van der Waals surface area contributed by atoms with Crippen LogP contribution in [0.4, 0.5) is 15.8 Å². The highest BCUT2D eigenvalue weighted by Crippen LogP contribution is 2.31. The second-order valence-electron chi connectivity index (χ2n) is 5.56. The lowest BCUT2D eigenvalue weighted by Gasteiger charge is -2.07. The van der Waals surface area contributed by atoms with E-state index in [9.17, 15) is 14.0 Å². The second kappa shape index (κ2) is 7.17. The fraction of sp³-hybridized carbons (Fsp3) is 0.158. The van der Waals surface area contributed by atoms with Crippen LogP contribution in [-0.2, 0) is 4.79 Å². The molecule has 0 radical (unpaired) electrons. The second-order valence-corrected chi connectivity index (χ2v) is 5.56. The van der Waals surface area contributed by atoms with E-state index in [1.54, 1.807) is 30.3 Å². The Balaban J connectivity index is 1.96. The van der Waals surface area contributed by atoms with Crippen LogP contribution >= 0.6 is 0 Å². The van der Waals surface area contributed by atoms with Crippen molar-refractivity contribution in [2.24, 2.45) is 0 Å². The molecule has 1 heterocycles. The molecular weight excluding hydrogens is 323 g/mol. The summed E-state index contributed by atoms with van der Waals surface area (Å²) in [7, 11) is 0. The number of rotatable bonds is 5. The fourth-order valence-electron chi connectivity index (χ4n) is 2.51. The molecule has 0 saturated carbocycles. The first-order valence-electron chi connectivity index (χ1n) is 7.96. The molecule has 0 fully saturated rings. The molecule has 2 aromatic carbocycles. The van der Waals surface area contributed by atoms with Gasteiger partial charge in [-0.25, -0.2) is 4.39 Å². The summed E-state index contributed by atoms with van der Waals surface area (Å²) in [6, 6.07) is 12.6. The van der Waals surface area contributed by atoms with Crippen LogP contribution in [0, 0.1) is 5.82 Å². The summed E-state index contributed by atoms with van der Waals surface area (Å²) in [5.41, 5.74) is 1.11. The summed E-state index contributed by atoms with van der Waals surface area (Å²) in [6.07, 6.45) is 1.02. The molecule has 0 aliphatic rings. The van der Waals surface area contributed by atoms with E-state index in [1.807, 2.05) is 6.92 Å². The number of carbonyl (C=O) groups excluding carboxylic acids is 2. The maximum atomic E-state index is 13.3. The summed E-state index contributed by atoms with van der Waals surface area (Å²) < 4.78 is 18.9. The first kappa shape index (κ1) is 16.7. The lowest BCUT2D eigenvalue weighted by atomic mass is 10.2. The summed E-state index contributed by atoms with van der Waals surface area (Å²) >= 11 is 0. The molecule has 3 aromatic rings. The molecule has 0 aliphatic carbocycles. The summed E-state index contributed by atoms with van der Waals surface area (Å²) in [5, 5.41) is 5.96. The summed E-state index contributed by atoms with van der Waals surface area (Å²) in [5.74, 6) is -1.24. The molecule has 3 rings (SSSR count). The Hall–Kier alpha value is -3.15. The molecule has 1 aromatic heterocycles. The molecule has 128 valence electrons. The number of halogens is 1. The van der Waals surface area contributed by atoms with Crippen molar-refractivity contribution in [1.82, 2.24) is 0 Å². The number of furan rings is 1. The molecule has 5 nitrogen and oxygen atoms in total. The van der Waals surface area contributed by atoms with Gasteiger partial charge in [-0.3, -0.25) is 9.59 Å². The van der Waals surface area contributed by atoms with Gasteiger partial charge in [0.2, 0.25) is 11.7 Å². The van der Waals surface area contributed by atoms with Gasteiger partial charge in [-0.05, 0) is 36.8 Å². The molecule has 25 heavy (non-hydrogen) atoms. The average molecular weight is 340 g/mol. The van der Waals surface area contributed by atoms with Crippen molar-refractivity contribution in [2.45, 2.75) is 19.8 Å². The molecule has 0 spiro atoms. The van der Waals surface area contributed by atoms with Crippen molar-refractivity contribution in [3.63, 3.8) is 0 Å². The van der Waals surface area contributed by atoms with E-state index < -0.39 is 11.7 Å².